The van der Waals surface area contributed by atoms with E-state index in [1.54, 1.807) is 28.8 Å². The minimum atomic E-state index is -0.670. The first-order valence-corrected chi connectivity index (χ1v) is 9.53. The summed E-state index contributed by atoms with van der Waals surface area (Å²) in [4.78, 5) is 30.0. The normalized spacial score (nSPS) is 14.3. The van der Waals surface area contributed by atoms with Crippen molar-refractivity contribution in [3.63, 3.8) is 0 Å². The number of anilines is 1. The average molecular weight is 396 g/mol. The Balaban J connectivity index is 1.95. The number of rotatable bonds is 4. The Morgan fingerprint density at radius 1 is 1.31 bits per heavy atom. The maximum absolute atomic E-state index is 13.0. The fourth-order valence-corrected chi connectivity index (χ4v) is 3.19. The predicted molar refractivity (Wildman–Crippen MR) is 109 cm³/mol. The highest BCUT2D eigenvalue weighted by Crippen LogP contribution is 2.27. The van der Waals surface area contributed by atoms with Gasteiger partial charge < -0.3 is 16.2 Å². The molecule has 0 unspecified atom stereocenters. The lowest BCUT2D eigenvalue weighted by Crippen LogP contribution is -2.35. The highest BCUT2D eigenvalue weighted by Gasteiger charge is 2.30. The van der Waals surface area contributed by atoms with Crippen LogP contribution in [0.3, 0.4) is 0 Å². The number of nitrogens with two attached hydrogens (primary N) is 1. The first kappa shape index (κ1) is 19.0. The maximum atomic E-state index is 13.0. The number of aromatic hydroxyl groups is 1. The molecule has 0 radical (unpaired) electrons. The molecule has 9 nitrogen and oxygen atoms in total. The molecule has 3 aromatic heterocycles. The second kappa shape index (κ2) is 6.61. The highest BCUT2D eigenvalue weighted by atomic mass is 16.3. The van der Waals surface area contributed by atoms with E-state index in [-0.39, 0.29) is 22.9 Å². The van der Waals surface area contributed by atoms with Gasteiger partial charge in [-0.2, -0.15) is 9.61 Å². The number of carbonyl (C=O) groups is 1. The zero-order chi connectivity index (χ0) is 20.9. The molecule has 0 aromatic carbocycles. The van der Waals surface area contributed by atoms with E-state index < -0.39 is 11.5 Å². The van der Waals surface area contributed by atoms with E-state index in [2.05, 4.69) is 15.4 Å². The molecule has 3 aromatic rings. The van der Waals surface area contributed by atoms with Crippen LogP contribution in [0.5, 0.6) is 5.88 Å². The number of nitrogens with zero attached hydrogens (tertiary/aromatic N) is 4. The van der Waals surface area contributed by atoms with Crippen LogP contribution in [-0.4, -0.2) is 36.2 Å². The molecule has 1 fully saturated rings. The summed E-state index contributed by atoms with van der Waals surface area (Å²) in [5, 5.41) is 18.0. The minimum Gasteiger partial charge on any atom is -0.494 e. The van der Waals surface area contributed by atoms with E-state index in [1.807, 2.05) is 20.8 Å². The lowest BCUT2D eigenvalue weighted by molar-refractivity contribution is 0.0944. The molecule has 0 bridgehead atoms. The Morgan fingerprint density at radius 3 is 2.66 bits per heavy atom. The van der Waals surface area contributed by atoms with E-state index in [1.165, 1.54) is 0 Å². The maximum Gasteiger partial charge on any atom is 0.291 e. The van der Waals surface area contributed by atoms with Crippen LogP contribution in [-0.2, 0) is 6.54 Å². The van der Waals surface area contributed by atoms with E-state index in [0.717, 1.165) is 17.4 Å². The molecule has 4 rings (SSSR count). The molecular formula is C20H24N6O3. The van der Waals surface area contributed by atoms with Crippen LogP contribution in [0.15, 0.2) is 29.1 Å². The van der Waals surface area contributed by atoms with Crippen molar-refractivity contribution in [2.75, 3.05) is 5.73 Å². The Hall–Kier alpha value is -3.36. The van der Waals surface area contributed by atoms with Crippen LogP contribution in [0.2, 0.25) is 0 Å². The number of carbonyl (C=O) groups excluding carboxylic acids is 1. The molecule has 0 atom stereocenters. The quantitative estimate of drug-likeness (QED) is 0.617. The molecule has 1 amide bonds. The van der Waals surface area contributed by atoms with Gasteiger partial charge in [0.1, 0.15) is 17.2 Å². The summed E-state index contributed by atoms with van der Waals surface area (Å²) in [7, 11) is 0. The Morgan fingerprint density at radius 2 is 2.03 bits per heavy atom. The van der Waals surface area contributed by atoms with Gasteiger partial charge in [-0.15, -0.1) is 0 Å². The van der Waals surface area contributed by atoms with Crippen molar-refractivity contribution in [1.82, 2.24) is 24.5 Å². The number of amides is 1. The minimum absolute atomic E-state index is 0.0535. The highest BCUT2D eigenvalue weighted by molar-refractivity contribution is 5.96. The van der Waals surface area contributed by atoms with Gasteiger partial charge in [0, 0.05) is 18.7 Å². The molecule has 0 saturated heterocycles. The van der Waals surface area contributed by atoms with Crippen LogP contribution in [0.4, 0.5) is 5.82 Å². The molecule has 1 saturated carbocycles. The predicted octanol–water partition coefficient (Wildman–Crippen LogP) is 1.78. The monoisotopic (exact) mass is 396 g/mol. The molecule has 9 heteroatoms. The fraction of sp³-hybridized carbons (Fsp3) is 0.400. The van der Waals surface area contributed by atoms with Crippen molar-refractivity contribution in [2.24, 2.45) is 5.41 Å². The summed E-state index contributed by atoms with van der Waals surface area (Å²) >= 11 is 0. The molecule has 152 valence electrons. The lowest BCUT2D eigenvalue weighted by atomic mass is 9.96. The van der Waals surface area contributed by atoms with Crippen molar-refractivity contribution in [1.29, 1.82) is 0 Å². The van der Waals surface area contributed by atoms with E-state index >= 15 is 0 Å². The van der Waals surface area contributed by atoms with Crippen LogP contribution >= 0.6 is 0 Å². The third-order valence-corrected chi connectivity index (χ3v) is 4.66. The van der Waals surface area contributed by atoms with Gasteiger partial charge in [0.25, 0.3) is 11.5 Å². The summed E-state index contributed by atoms with van der Waals surface area (Å²) in [6.45, 7) is 6.38. The van der Waals surface area contributed by atoms with E-state index in [4.69, 9.17) is 5.73 Å². The summed E-state index contributed by atoms with van der Waals surface area (Å²) in [6, 6.07) is 6.85. The van der Waals surface area contributed by atoms with Crippen LogP contribution in [0.1, 0.15) is 44.0 Å². The number of aromatic nitrogens is 4. The molecule has 29 heavy (non-hydrogen) atoms. The van der Waals surface area contributed by atoms with E-state index in [9.17, 15) is 14.7 Å². The summed E-state index contributed by atoms with van der Waals surface area (Å²) < 4.78 is 2.69. The second-order valence-electron chi connectivity index (χ2n) is 8.65. The third-order valence-electron chi connectivity index (χ3n) is 4.66. The van der Waals surface area contributed by atoms with Gasteiger partial charge in [-0.1, -0.05) is 26.8 Å². The first-order chi connectivity index (χ1) is 13.6. The average Bonchev–Trinajstić information content (AvgIpc) is 3.31. The number of pyridine rings is 1. The molecule has 1 aliphatic rings. The van der Waals surface area contributed by atoms with Gasteiger partial charge >= 0.3 is 0 Å². The Kier molecular flexibility index (Phi) is 4.33. The molecule has 0 aliphatic heterocycles. The third kappa shape index (κ3) is 3.67. The molecule has 1 aliphatic carbocycles. The number of hydrogen-bond acceptors (Lipinski definition) is 6. The fourth-order valence-electron chi connectivity index (χ4n) is 3.19. The van der Waals surface area contributed by atoms with Crippen LogP contribution < -0.4 is 16.6 Å². The van der Waals surface area contributed by atoms with Crippen LogP contribution in [0, 0.1) is 5.41 Å². The zero-order valence-electron chi connectivity index (χ0n) is 16.6. The van der Waals surface area contributed by atoms with Gasteiger partial charge in [-0.05, 0) is 30.4 Å². The van der Waals surface area contributed by atoms with Gasteiger partial charge in [0.2, 0.25) is 5.88 Å². The number of fused-ring (bicyclic) bond motifs is 1. The number of nitrogens with one attached hydrogen (secondary N) is 1. The number of hydrogen-bond donors (Lipinski definition) is 3. The zero-order valence-corrected chi connectivity index (χ0v) is 16.6. The van der Waals surface area contributed by atoms with Crippen molar-refractivity contribution in [2.45, 2.75) is 46.2 Å². The smallest absolute Gasteiger partial charge is 0.291 e. The molecule has 4 N–H and O–H groups in total. The second-order valence-corrected chi connectivity index (χ2v) is 8.65. The van der Waals surface area contributed by atoms with Crippen LogP contribution in [0.25, 0.3) is 17.0 Å². The molecule has 3 heterocycles. The van der Waals surface area contributed by atoms with E-state index in [0.29, 0.717) is 29.4 Å². The van der Waals surface area contributed by atoms with Gasteiger partial charge in [-0.3, -0.25) is 14.2 Å². The summed E-state index contributed by atoms with van der Waals surface area (Å²) in [6.07, 6.45) is 1.75. The Bertz CT molecular complexity index is 1170. The molecule has 0 spiro atoms. The van der Waals surface area contributed by atoms with Crippen molar-refractivity contribution >= 4 is 17.4 Å². The summed E-state index contributed by atoms with van der Waals surface area (Å²) in [5.74, 6) is -0.613. The molecular weight excluding hydrogens is 372 g/mol. The van der Waals surface area contributed by atoms with Crippen molar-refractivity contribution in [3.05, 3.63) is 40.2 Å². The Labute approximate surface area is 167 Å². The van der Waals surface area contributed by atoms with Gasteiger partial charge in [0.15, 0.2) is 5.56 Å². The SMILES string of the molecule is CC(C)(C)Cn1c(O)c(C(=O)NC2CC2)c(=O)n2nc(-c3cccc(N)n3)cc12. The van der Waals surface area contributed by atoms with Gasteiger partial charge in [-0.25, -0.2) is 4.98 Å². The first-order valence-electron chi connectivity index (χ1n) is 9.53. The van der Waals surface area contributed by atoms with Crippen molar-refractivity contribution in [3.8, 4) is 17.3 Å². The number of nitrogen functional groups attached to an aromatic ring is 1. The largest absolute Gasteiger partial charge is 0.494 e. The van der Waals surface area contributed by atoms with Crippen molar-refractivity contribution < 1.29 is 9.90 Å². The lowest BCUT2D eigenvalue weighted by Gasteiger charge is -2.23. The standard InChI is InChI=1S/C20H24N6O3/c1-20(2,3)10-25-15-9-13(12-5-4-6-14(21)23-12)24-26(15)19(29)16(18(25)28)17(27)22-11-7-8-11/h4-6,9,11,28H,7-8,10H2,1-3H3,(H2,21,23)(H,22,27). The van der Waals surface area contributed by atoms with Gasteiger partial charge in [0.05, 0.1) is 5.69 Å². The summed E-state index contributed by atoms with van der Waals surface area (Å²) in [5.41, 5.74) is 5.88. The topological polar surface area (TPSA) is 128 Å².